The predicted molar refractivity (Wildman–Crippen MR) is 157 cm³/mol. The van der Waals surface area contributed by atoms with E-state index in [1.807, 2.05) is 27.7 Å². The summed E-state index contributed by atoms with van der Waals surface area (Å²) in [6.07, 6.45) is -1.68. The second kappa shape index (κ2) is 15.2. The molecular formula is C30H37NO8S2. The number of hydrogen-bond acceptors (Lipinski definition) is 10. The topological polar surface area (TPSA) is 142 Å². The van der Waals surface area contributed by atoms with Crippen molar-refractivity contribution in [2.45, 2.75) is 80.8 Å². The molecule has 4 N–H and O–H groups in total. The maximum absolute atomic E-state index is 13.2. The van der Waals surface area contributed by atoms with Crippen molar-refractivity contribution in [2.75, 3.05) is 12.4 Å². The van der Waals surface area contributed by atoms with Crippen LogP contribution in [0.25, 0.3) is 0 Å². The smallest absolute Gasteiger partial charge is 0.315 e. The van der Waals surface area contributed by atoms with Gasteiger partial charge in [-0.15, -0.1) is 0 Å². The minimum Gasteiger partial charge on any atom is -0.433 e. The van der Waals surface area contributed by atoms with Crippen LogP contribution in [0.5, 0.6) is 0 Å². The van der Waals surface area contributed by atoms with Crippen LogP contribution in [0.2, 0.25) is 0 Å². The number of ketones is 1. The van der Waals surface area contributed by atoms with E-state index in [4.69, 9.17) is 9.47 Å². The van der Waals surface area contributed by atoms with E-state index < -0.39 is 49.1 Å². The highest BCUT2D eigenvalue weighted by Crippen LogP contribution is 2.40. The van der Waals surface area contributed by atoms with Gasteiger partial charge >= 0.3 is 5.97 Å². The molecule has 4 rings (SSSR count). The Kier molecular flexibility index (Phi) is 11.7. The molecule has 0 bridgehead atoms. The molecule has 2 saturated heterocycles. The van der Waals surface area contributed by atoms with Gasteiger partial charge in [0, 0.05) is 28.6 Å². The summed E-state index contributed by atoms with van der Waals surface area (Å²) >= 11 is 0. The van der Waals surface area contributed by atoms with Gasteiger partial charge < -0.3 is 30.1 Å². The second-order valence-electron chi connectivity index (χ2n) is 10.4. The van der Waals surface area contributed by atoms with Gasteiger partial charge in [-0.1, -0.05) is 76.5 Å². The first kappa shape index (κ1) is 31.5. The standard InChI is InChI=1S/C30H37NO8S2/c1-18(20-10-7-11-21(16-20)26(34)19-8-3-2-4-9-19)29(37)39-30-25(28(36)27(35)23(17-32)38-30)31-24(33)13-6-5-12-22-14-15-40-41-22/h2-4,7-11,16,18,22-23,25,27-28,30,32,35-36H,5-6,12-15,17H2,1H3,(H,31,33)/t18?,22-,23?,25-,27-,28+,30+/m1/s1. The first-order valence-electron chi connectivity index (χ1n) is 13.9. The lowest BCUT2D eigenvalue weighted by Crippen LogP contribution is -2.65. The van der Waals surface area contributed by atoms with Crippen LogP contribution in [0.15, 0.2) is 54.6 Å². The van der Waals surface area contributed by atoms with Crippen molar-refractivity contribution in [1.82, 2.24) is 5.32 Å². The van der Waals surface area contributed by atoms with Crippen LogP contribution in [0, 0.1) is 0 Å². The Balaban J connectivity index is 1.39. The first-order chi connectivity index (χ1) is 19.8. The van der Waals surface area contributed by atoms with Gasteiger partial charge in [-0.25, -0.2) is 0 Å². The van der Waals surface area contributed by atoms with E-state index >= 15 is 0 Å². The van der Waals surface area contributed by atoms with E-state index in [0.717, 1.165) is 18.6 Å². The quantitative estimate of drug-likeness (QED) is 0.124. The molecule has 2 fully saturated rings. The molecule has 0 aliphatic carbocycles. The second-order valence-corrected chi connectivity index (χ2v) is 13.1. The fourth-order valence-corrected chi connectivity index (χ4v) is 7.90. The molecule has 0 radical (unpaired) electrons. The van der Waals surface area contributed by atoms with Crippen molar-refractivity contribution < 1.29 is 39.2 Å². The van der Waals surface area contributed by atoms with Crippen molar-refractivity contribution in [3.8, 4) is 0 Å². The van der Waals surface area contributed by atoms with Crippen molar-refractivity contribution in [3.63, 3.8) is 0 Å². The van der Waals surface area contributed by atoms with Crippen molar-refractivity contribution in [2.24, 2.45) is 0 Å². The Bertz CT molecular complexity index is 1180. The summed E-state index contributed by atoms with van der Waals surface area (Å²) < 4.78 is 11.2. The highest BCUT2D eigenvalue weighted by atomic mass is 33.1. The van der Waals surface area contributed by atoms with Crippen LogP contribution in [0.1, 0.15) is 66.4 Å². The lowest BCUT2D eigenvalue weighted by atomic mass is 9.95. The lowest BCUT2D eigenvalue weighted by molar-refractivity contribution is -0.264. The van der Waals surface area contributed by atoms with E-state index in [2.05, 4.69) is 5.32 Å². The number of aliphatic hydroxyl groups is 3. The minimum absolute atomic E-state index is 0.185. The number of amides is 1. The van der Waals surface area contributed by atoms with Crippen molar-refractivity contribution in [3.05, 3.63) is 71.3 Å². The molecule has 41 heavy (non-hydrogen) atoms. The maximum atomic E-state index is 13.2. The number of benzene rings is 2. The summed E-state index contributed by atoms with van der Waals surface area (Å²) in [5.74, 6) is -0.924. The van der Waals surface area contributed by atoms with E-state index in [0.29, 0.717) is 28.4 Å². The van der Waals surface area contributed by atoms with Gasteiger partial charge in [0.15, 0.2) is 5.78 Å². The number of carbonyl (C=O) groups excluding carboxylic acids is 3. The molecule has 2 aliphatic rings. The SMILES string of the molecule is CC(C(=O)O[C@@H]1OC(CO)[C@@H](O)[C@@H](O)[C@H]1NC(=O)CCCC[C@@H]1CCSS1)c1cccc(C(=O)c2ccccc2)c1. The predicted octanol–water partition coefficient (Wildman–Crippen LogP) is 3.20. The van der Waals surface area contributed by atoms with E-state index in [1.165, 1.54) is 6.42 Å². The number of carbonyl (C=O) groups is 3. The normalized spacial score (nSPS) is 26.7. The molecule has 2 aromatic carbocycles. The van der Waals surface area contributed by atoms with Crippen LogP contribution in [0.3, 0.4) is 0 Å². The molecule has 9 nitrogen and oxygen atoms in total. The Labute approximate surface area is 247 Å². The van der Waals surface area contributed by atoms with Gasteiger partial charge in [0.25, 0.3) is 0 Å². The van der Waals surface area contributed by atoms with Gasteiger partial charge in [0.05, 0.1) is 12.5 Å². The third-order valence-electron chi connectivity index (χ3n) is 7.39. The van der Waals surface area contributed by atoms with Crippen molar-refractivity contribution >= 4 is 39.2 Å². The Hall–Kier alpha value is -2.41. The van der Waals surface area contributed by atoms with Gasteiger partial charge in [-0.3, -0.25) is 14.4 Å². The lowest BCUT2D eigenvalue weighted by Gasteiger charge is -2.42. The Morgan fingerprint density at radius 3 is 2.51 bits per heavy atom. The fourth-order valence-electron chi connectivity index (χ4n) is 4.87. The maximum Gasteiger partial charge on any atom is 0.315 e. The highest BCUT2D eigenvalue weighted by molar-refractivity contribution is 8.77. The molecule has 7 atom stereocenters. The molecule has 2 aliphatic heterocycles. The van der Waals surface area contributed by atoms with E-state index in [1.54, 1.807) is 55.5 Å². The molecule has 0 aromatic heterocycles. The zero-order valence-corrected chi connectivity index (χ0v) is 24.5. The highest BCUT2D eigenvalue weighted by Gasteiger charge is 2.47. The summed E-state index contributed by atoms with van der Waals surface area (Å²) in [6.45, 7) is 0.990. The average Bonchev–Trinajstić information content (AvgIpc) is 3.52. The molecule has 1 amide bonds. The summed E-state index contributed by atoms with van der Waals surface area (Å²) in [6, 6.07) is 14.2. The third-order valence-corrected chi connectivity index (χ3v) is 10.4. The number of rotatable bonds is 12. The Morgan fingerprint density at radius 1 is 1.05 bits per heavy atom. The molecule has 11 heteroatoms. The summed E-state index contributed by atoms with van der Waals surface area (Å²) in [5, 5.41) is 34.1. The molecule has 2 heterocycles. The molecular weight excluding hydrogens is 566 g/mol. The number of unbranched alkanes of at least 4 members (excludes halogenated alkanes) is 1. The van der Waals surface area contributed by atoms with Crippen LogP contribution in [0.4, 0.5) is 0 Å². The average molecular weight is 604 g/mol. The molecule has 2 aromatic rings. The number of esters is 1. The third kappa shape index (κ3) is 8.33. The van der Waals surface area contributed by atoms with E-state index in [9.17, 15) is 29.7 Å². The summed E-state index contributed by atoms with van der Waals surface area (Å²) in [7, 11) is 3.77. The zero-order chi connectivity index (χ0) is 29.4. The molecule has 0 saturated carbocycles. The van der Waals surface area contributed by atoms with Crippen LogP contribution in [-0.2, 0) is 19.1 Å². The van der Waals surface area contributed by atoms with Gasteiger partial charge in [-0.05, 0) is 37.8 Å². The van der Waals surface area contributed by atoms with Crippen LogP contribution in [-0.4, -0.2) is 81.2 Å². The first-order valence-corrected chi connectivity index (χ1v) is 16.3. The number of aliphatic hydroxyl groups excluding tert-OH is 3. The fraction of sp³-hybridized carbons (Fsp3) is 0.500. The molecule has 2 unspecified atom stereocenters. The van der Waals surface area contributed by atoms with Gasteiger partial charge in [0.2, 0.25) is 12.2 Å². The number of ether oxygens (including phenoxy) is 2. The zero-order valence-electron chi connectivity index (χ0n) is 22.9. The summed E-state index contributed by atoms with van der Waals surface area (Å²) in [5.41, 5.74) is 1.47. The van der Waals surface area contributed by atoms with Gasteiger partial charge in [-0.2, -0.15) is 0 Å². The molecule has 222 valence electrons. The monoisotopic (exact) mass is 603 g/mol. The minimum atomic E-state index is -1.53. The number of nitrogens with one attached hydrogen (secondary N) is 1. The Morgan fingerprint density at radius 2 is 1.80 bits per heavy atom. The molecule has 0 spiro atoms. The van der Waals surface area contributed by atoms with Crippen LogP contribution < -0.4 is 5.32 Å². The van der Waals surface area contributed by atoms with Crippen LogP contribution >= 0.6 is 21.6 Å². The largest absolute Gasteiger partial charge is 0.433 e. The summed E-state index contributed by atoms with van der Waals surface area (Å²) in [4.78, 5) is 38.8. The van der Waals surface area contributed by atoms with Crippen molar-refractivity contribution in [1.29, 1.82) is 0 Å². The van der Waals surface area contributed by atoms with Gasteiger partial charge in [0.1, 0.15) is 24.4 Å². The number of hydrogen-bond donors (Lipinski definition) is 4. The van der Waals surface area contributed by atoms with E-state index in [-0.39, 0.29) is 18.1 Å².